The number of pyridine rings is 1. The number of halogens is 2. The second kappa shape index (κ2) is 16.9. The van der Waals surface area contributed by atoms with Gasteiger partial charge in [0.2, 0.25) is 11.9 Å². The van der Waals surface area contributed by atoms with Gasteiger partial charge in [-0.05, 0) is 63.8 Å². The van der Waals surface area contributed by atoms with Gasteiger partial charge in [-0.15, -0.1) is 0 Å². The van der Waals surface area contributed by atoms with E-state index in [2.05, 4.69) is 16.9 Å². The minimum atomic E-state index is -0.321. The minimum Gasteiger partial charge on any atom is -0.495 e. The van der Waals surface area contributed by atoms with Crippen molar-refractivity contribution >= 4 is 51.9 Å². The number of methoxy groups -OCH3 is 2. The Hall–Kier alpha value is -3.93. The summed E-state index contributed by atoms with van der Waals surface area (Å²) >= 11 is 13.6. The number of amides is 1. The molecule has 0 spiro atoms. The molecule has 5 rings (SSSR count). The summed E-state index contributed by atoms with van der Waals surface area (Å²) in [6.45, 7) is 5.87. The Morgan fingerprint density at radius 3 is 2.38 bits per heavy atom. The summed E-state index contributed by atoms with van der Waals surface area (Å²) in [5.74, 6) is 1.28. The average molecular weight is 726 g/mol. The number of piperidine rings is 1. The molecule has 2 aliphatic rings. The Morgan fingerprint density at radius 1 is 1.06 bits per heavy atom. The Morgan fingerprint density at radius 2 is 1.74 bits per heavy atom. The molecule has 1 aliphatic heterocycles. The summed E-state index contributed by atoms with van der Waals surface area (Å²) in [5.41, 5.74) is 0.716. The van der Waals surface area contributed by atoms with Gasteiger partial charge in [0.15, 0.2) is 5.78 Å². The lowest BCUT2D eigenvalue weighted by Crippen LogP contribution is -2.39. The number of benzene rings is 1. The summed E-state index contributed by atoms with van der Waals surface area (Å²) in [6.07, 6.45) is 12.3. The van der Waals surface area contributed by atoms with Crippen LogP contribution in [0.5, 0.6) is 11.5 Å². The zero-order chi connectivity index (χ0) is 35.9. The van der Waals surface area contributed by atoms with Gasteiger partial charge in [0, 0.05) is 67.9 Å². The highest BCUT2D eigenvalue weighted by Crippen LogP contribution is 2.45. The van der Waals surface area contributed by atoms with E-state index in [1.165, 1.54) is 20.3 Å². The fourth-order valence-electron chi connectivity index (χ4n) is 6.91. The third kappa shape index (κ3) is 8.50. The predicted molar refractivity (Wildman–Crippen MR) is 199 cm³/mol. The first-order valence-corrected chi connectivity index (χ1v) is 17.8. The molecule has 3 aromatic rings. The Bertz CT molecular complexity index is 1790. The van der Waals surface area contributed by atoms with Crippen LogP contribution in [0.4, 0.5) is 5.95 Å². The van der Waals surface area contributed by atoms with Gasteiger partial charge in [0.25, 0.3) is 5.56 Å². The lowest BCUT2D eigenvalue weighted by Gasteiger charge is -2.32. The summed E-state index contributed by atoms with van der Waals surface area (Å²) < 4.78 is 12.7. The topological polar surface area (TPSA) is 119 Å². The third-order valence-electron chi connectivity index (χ3n) is 9.68. The van der Waals surface area contributed by atoms with Crippen molar-refractivity contribution in [3.63, 3.8) is 0 Å². The SMILES string of the molecule is C=CC(=O)CC1CCCCC1Nc1ncc2cc(-c3c(Cl)c(OC)cc(OC)c3Cl)c(=O)n(CC3CCN(C(=O)/C=C/CN(C)C)CC3)c2n1. The number of ether oxygens (including phenoxy) is 2. The highest BCUT2D eigenvalue weighted by atomic mass is 35.5. The Kier molecular flexibility index (Phi) is 12.6. The molecular weight excluding hydrogens is 679 g/mol. The Labute approximate surface area is 303 Å². The zero-order valence-corrected chi connectivity index (χ0v) is 30.7. The van der Waals surface area contributed by atoms with E-state index in [4.69, 9.17) is 37.7 Å². The summed E-state index contributed by atoms with van der Waals surface area (Å²) in [7, 11) is 6.88. The number of likely N-dealkylation sites (N-methyl/N-ethyl adjacent to an activating group) is 1. The number of anilines is 1. The first-order chi connectivity index (χ1) is 24.0. The van der Waals surface area contributed by atoms with Crippen LogP contribution in [0.2, 0.25) is 10.0 Å². The van der Waals surface area contributed by atoms with Crippen LogP contribution in [0.25, 0.3) is 22.2 Å². The van der Waals surface area contributed by atoms with Crippen molar-refractivity contribution in [1.82, 2.24) is 24.3 Å². The molecule has 268 valence electrons. The highest BCUT2D eigenvalue weighted by Gasteiger charge is 2.29. The van der Waals surface area contributed by atoms with Crippen molar-refractivity contribution in [1.29, 1.82) is 0 Å². The standard InChI is InChI=1S/C37H46Cl2N6O5/c1-6-26(46)18-24-10-7-8-11-28(24)41-37-40-21-25-19-27(32-33(38)29(49-4)20-30(50-5)34(32)39)36(48)45(35(25)42-37)22-23-13-16-44(17-14-23)31(47)12-9-15-43(2)3/h6,9,12,19-21,23-24,28H,1,7-8,10-11,13-18,22H2,2-5H3,(H,40,41,42)/b12-9+. The first-order valence-electron chi connectivity index (χ1n) is 17.1. The van der Waals surface area contributed by atoms with Crippen LogP contribution < -0.4 is 20.3 Å². The van der Waals surface area contributed by atoms with Crippen molar-refractivity contribution in [3.8, 4) is 22.6 Å². The van der Waals surface area contributed by atoms with Crippen LogP contribution in [0.15, 0.2) is 47.9 Å². The molecule has 1 aliphatic carbocycles. The molecule has 3 heterocycles. The van der Waals surface area contributed by atoms with E-state index >= 15 is 0 Å². The van der Waals surface area contributed by atoms with Gasteiger partial charge < -0.3 is 24.6 Å². The molecule has 13 heteroatoms. The van der Waals surface area contributed by atoms with Crippen LogP contribution in [0.1, 0.15) is 44.9 Å². The van der Waals surface area contributed by atoms with Gasteiger partial charge in [0.1, 0.15) is 17.1 Å². The molecule has 0 radical (unpaired) electrons. The molecule has 1 amide bonds. The summed E-state index contributed by atoms with van der Waals surface area (Å²) in [4.78, 5) is 53.1. The van der Waals surface area contributed by atoms with E-state index < -0.39 is 0 Å². The second-order valence-electron chi connectivity index (χ2n) is 13.3. The van der Waals surface area contributed by atoms with E-state index in [1.54, 1.807) is 29.0 Å². The molecule has 1 N–H and O–H groups in total. The number of fused-ring (bicyclic) bond motifs is 1. The number of ketones is 1. The van der Waals surface area contributed by atoms with E-state index in [0.717, 1.165) is 38.5 Å². The molecule has 0 bridgehead atoms. The molecule has 2 fully saturated rings. The zero-order valence-electron chi connectivity index (χ0n) is 29.2. The second-order valence-corrected chi connectivity index (χ2v) is 14.1. The Balaban J connectivity index is 1.53. The number of rotatable bonds is 13. The van der Waals surface area contributed by atoms with Gasteiger partial charge in [-0.2, -0.15) is 4.98 Å². The average Bonchev–Trinajstić information content (AvgIpc) is 3.11. The molecule has 1 saturated heterocycles. The quantitative estimate of drug-likeness (QED) is 0.204. The highest BCUT2D eigenvalue weighted by molar-refractivity contribution is 6.41. The monoisotopic (exact) mass is 724 g/mol. The van der Waals surface area contributed by atoms with Crippen LogP contribution >= 0.6 is 23.2 Å². The number of nitrogens with one attached hydrogen (secondary N) is 1. The maximum atomic E-state index is 14.6. The molecular formula is C37H46Cl2N6O5. The van der Waals surface area contributed by atoms with Crippen molar-refractivity contribution in [3.05, 3.63) is 63.5 Å². The van der Waals surface area contributed by atoms with Crippen molar-refractivity contribution in [2.24, 2.45) is 11.8 Å². The van der Waals surface area contributed by atoms with Gasteiger partial charge >= 0.3 is 0 Å². The fraction of sp³-hybridized carbons (Fsp3) is 0.486. The first kappa shape index (κ1) is 37.3. The van der Waals surface area contributed by atoms with Crippen molar-refractivity contribution in [2.75, 3.05) is 53.3 Å². The van der Waals surface area contributed by atoms with Crippen LogP contribution in [-0.4, -0.2) is 90.0 Å². The van der Waals surface area contributed by atoms with Crippen LogP contribution in [0.3, 0.4) is 0 Å². The molecule has 2 aromatic heterocycles. The fourth-order valence-corrected chi connectivity index (χ4v) is 7.62. The van der Waals surface area contributed by atoms with E-state index in [9.17, 15) is 14.4 Å². The number of allylic oxidation sites excluding steroid dienone is 1. The number of nitrogens with zero attached hydrogens (tertiary/aromatic N) is 5. The number of carbonyl (C=O) groups excluding carboxylic acids is 2. The van der Waals surface area contributed by atoms with Gasteiger partial charge in [0.05, 0.1) is 29.8 Å². The lowest BCUT2D eigenvalue weighted by atomic mass is 9.81. The van der Waals surface area contributed by atoms with E-state index in [0.29, 0.717) is 66.6 Å². The number of hydrogen-bond donors (Lipinski definition) is 1. The number of hydrogen-bond acceptors (Lipinski definition) is 9. The molecule has 50 heavy (non-hydrogen) atoms. The number of carbonyl (C=O) groups is 2. The minimum absolute atomic E-state index is 0.00886. The molecule has 1 saturated carbocycles. The molecule has 11 nitrogen and oxygen atoms in total. The number of likely N-dealkylation sites (tertiary alicyclic amines) is 1. The maximum absolute atomic E-state index is 14.6. The van der Waals surface area contributed by atoms with E-state index in [-0.39, 0.29) is 50.7 Å². The molecule has 1 aromatic carbocycles. The molecule has 2 atom stereocenters. The predicted octanol–water partition coefficient (Wildman–Crippen LogP) is 6.25. The number of aromatic nitrogens is 3. The van der Waals surface area contributed by atoms with Crippen LogP contribution in [0, 0.1) is 11.8 Å². The third-order valence-corrected chi connectivity index (χ3v) is 10.4. The van der Waals surface area contributed by atoms with Crippen LogP contribution in [-0.2, 0) is 16.1 Å². The van der Waals surface area contributed by atoms with E-state index in [1.807, 2.05) is 30.0 Å². The van der Waals surface area contributed by atoms with Crippen molar-refractivity contribution in [2.45, 2.75) is 57.5 Å². The lowest BCUT2D eigenvalue weighted by molar-refractivity contribution is -0.127. The normalized spacial score (nSPS) is 18.5. The smallest absolute Gasteiger partial charge is 0.260 e. The summed E-state index contributed by atoms with van der Waals surface area (Å²) in [6, 6.07) is 3.30. The van der Waals surface area contributed by atoms with Crippen molar-refractivity contribution < 1.29 is 19.1 Å². The maximum Gasteiger partial charge on any atom is 0.260 e. The van der Waals surface area contributed by atoms with Gasteiger partial charge in [-0.1, -0.05) is 48.7 Å². The summed E-state index contributed by atoms with van der Waals surface area (Å²) in [5, 5.41) is 4.49. The van der Waals surface area contributed by atoms with Gasteiger partial charge in [-0.3, -0.25) is 19.0 Å². The molecule has 2 unspecified atom stereocenters. The van der Waals surface area contributed by atoms with Gasteiger partial charge in [-0.25, -0.2) is 4.98 Å². The largest absolute Gasteiger partial charge is 0.495 e.